The van der Waals surface area contributed by atoms with E-state index < -0.39 is 22.1 Å². The zero-order chi connectivity index (χ0) is 21.8. The molecule has 9 nitrogen and oxygen atoms in total. The van der Waals surface area contributed by atoms with Crippen LogP contribution >= 0.6 is 0 Å². The Hall–Kier alpha value is -2.50. The number of nitrogens with one attached hydrogen (secondary N) is 1. The highest BCUT2D eigenvalue weighted by molar-refractivity contribution is 7.91. The summed E-state index contributed by atoms with van der Waals surface area (Å²) in [5.41, 5.74) is 4.46. The summed E-state index contributed by atoms with van der Waals surface area (Å²) in [6.45, 7) is 0.670. The van der Waals surface area contributed by atoms with E-state index in [9.17, 15) is 13.4 Å². The van der Waals surface area contributed by atoms with Crippen molar-refractivity contribution in [3.8, 4) is 5.88 Å². The van der Waals surface area contributed by atoms with Crippen LogP contribution < -0.4 is 15.2 Å². The molecule has 3 N–H and O–H groups in total. The van der Waals surface area contributed by atoms with Gasteiger partial charge in [-0.15, -0.1) is 4.36 Å². The number of ether oxygens (including phenoxy) is 2. The molecule has 3 aliphatic rings. The molecule has 2 unspecified atom stereocenters. The average molecular weight is 450 g/mol. The van der Waals surface area contributed by atoms with Crippen molar-refractivity contribution in [3.63, 3.8) is 0 Å². The van der Waals surface area contributed by atoms with Gasteiger partial charge in [0.2, 0.25) is 5.88 Å². The number of hydrogen-bond donors (Lipinski definition) is 2. The Bertz CT molecular complexity index is 1190. The summed E-state index contributed by atoms with van der Waals surface area (Å²) in [6, 6.07) is 1.22. The molecular formula is C20H24FN5O4S. The molecule has 2 heterocycles. The molecule has 0 spiro atoms. The van der Waals surface area contributed by atoms with E-state index in [4.69, 9.17) is 14.6 Å². The van der Waals surface area contributed by atoms with Gasteiger partial charge in [0.15, 0.2) is 9.92 Å². The molecule has 1 aromatic carbocycles. The van der Waals surface area contributed by atoms with Gasteiger partial charge in [-0.3, -0.25) is 0 Å². The predicted octanol–water partition coefficient (Wildman–Crippen LogP) is 2.15. The number of nitrogens with two attached hydrogens (primary N) is 1. The highest BCUT2D eigenvalue weighted by Crippen LogP contribution is 2.39. The van der Waals surface area contributed by atoms with E-state index in [0.29, 0.717) is 18.7 Å². The number of nitrogens with zero attached hydrogens (tertiary/aromatic N) is 3. The van der Waals surface area contributed by atoms with E-state index in [0.717, 1.165) is 41.5 Å². The fraction of sp³-hybridized carbons (Fsp3) is 0.500. The molecule has 0 saturated heterocycles. The van der Waals surface area contributed by atoms with Gasteiger partial charge in [-0.25, -0.2) is 23.2 Å². The summed E-state index contributed by atoms with van der Waals surface area (Å²) in [5, 5.41) is 12.8. The van der Waals surface area contributed by atoms with Crippen molar-refractivity contribution in [3.05, 3.63) is 34.5 Å². The Balaban J connectivity index is 1.45. The topological polar surface area (TPSA) is 121 Å². The molecule has 1 aliphatic heterocycles. The van der Waals surface area contributed by atoms with Gasteiger partial charge in [-0.05, 0) is 41.5 Å². The van der Waals surface area contributed by atoms with Crippen molar-refractivity contribution in [1.29, 1.82) is 0 Å². The van der Waals surface area contributed by atoms with Gasteiger partial charge in [0, 0.05) is 25.6 Å². The third kappa shape index (κ3) is 3.60. The number of carbonyl (C=O) groups is 1. The molecule has 2 aromatic rings. The third-order valence-electron chi connectivity index (χ3n) is 6.11. The van der Waals surface area contributed by atoms with Crippen LogP contribution in [-0.2, 0) is 46.9 Å². The Morgan fingerprint density at radius 1 is 1.39 bits per heavy atom. The molecule has 31 heavy (non-hydrogen) atoms. The maximum Gasteiger partial charge on any atom is 0.354 e. The molecule has 0 bridgehead atoms. The Morgan fingerprint density at radius 3 is 3.03 bits per heavy atom. The van der Waals surface area contributed by atoms with Crippen LogP contribution in [0.4, 0.5) is 14.9 Å². The second kappa shape index (κ2) is 7.57. The maximum atomic E-state index is 14.1. The number of alkyl halides is 1. The molecule has 0 saturated carbocycles. The lowest BCUT2D eigenvalue weighted by Gasteiger charge is -2.23. The number of anilines is 1. The van der Waals surface area contributed by atoms with E-state index in [-0.39, 0.29) is 29.9 Å². The number of carbonyl (C=O) groups excluding carboxylic acids is 1. The first-order valence-corrected chi connectivity index (χ1v) is 11.8. The Morgan fingerprint density at radius 2 is 2.23 bits per heavy atom. The first kappa shape index (κ1) is 20.4. The van der Waals surface area contributed by atoms with Gasteiger partial charge in [0.1, 0.15) is 23.8 Å². The number of urea groups is 1. The van der Waals surface area contributed by atoms with E-state index in [1.807, 2.05) is 0 Å². The number of rotatable bonds is 3. The van der Waals surface area contributed by atoms with Crippen LogP contribution in [0.5, 0.6) is 5.88 Å². The predicted molar refractivity (Wildman–Crippen MR) is 111 cm³/mol. The second-order valence-corrected chi connectivity index (χ2v) is 9.90. The van der Waals surface area contributed by atoms with Gasteiger partial charge < -0.3 is 14.8 Å². The summed E-state index contributed by atoms with van der Waals surface area (Å²) in [6.07, 6.45) is 3.44. The van der Waals surface area contributed by atoms with Gasteiger partial charge in [0.25, 0.3) is 0 Å². The van der Waals surface area contributed by atoms with Crippen molar-refractivity contribution < 1.29 is 22.9 Å². The first-order valence-electron chi connectivity index (χ1n) is 10.2. The number of hydrogen-bond acceptors (Lipinski definition) is 5. The van der Waals surface area contributed by atoms with Gasteiger partial charge in [0.05, 0.1) is 12.7 Å². The molecule has 3 atom stereocenters. The van der Waals surface area contributed by atoms with Crippen LogP contribution in [0, 0.1) is 0 Å². The molecular weight excluding hydrogens is 425 g/mol. The molecule has 11 heteroatoms. The minimum absolute atomic E-state index is 0.0598. The monoisotopic (exact) mass is 449 g/mol. The van der Waals surface area contributed by atoms with Crippen LogP contribution in [0.1, 0.15) is 28.7 Å². The zero-order valence-corrected chi connectivity index (χ0v) is 17.9. The van der Waals surface area contributed by atoms with E-state index >= 15 is 0 Å². The lowest BCUT2D eigenvalue weighted by atomic mass is 9.99. The van der Waals surface area contributed by atoms with Crippen LogP contribution in [-0.4, -0.2) is 46.0 Å². The zero-order valence-electron chi connectivity index (χ0n) is 17.1. The number of halogens is 1. The minimum atomic E-state index is -3.60. The lowest BCUT2D eigenvalue weighted by Crippen LogP contribution is -2.32. The highest BCUT2D eigenvalue weighted by atomic mass is 32.2. The fourth-order valence-electron chi connectivity index (χ4n) is 4.65. The standard InChI is InChI=1S/C20H24FN5O4S/c1-29-14-9-26-19(30-10-14)17(8-23-26)31(22,28)25-20(27)24-18-15-4-2-3-11(15)5-12-6-13(21)7-16(12)18/h5,8,13-14H,2-4,6-7,9-10H2,1H3,(H3,22,24,25,27,28)/t13?,14-,31?/m0/s1. The van der Waals surface area contributed by atoms with E-state index in [1.54, 1.807) is 7.11 Å². The van der Waals surface area contributed by atoms with Crippen molar-refractivity contribution in [2.45, 2.75) is 55.8 Å². The summed E-state index contributed by atoms with van der Waals surface area (Å²) in [7, 11) is -2.03. The molecule has 0 fully saturated rings. The second-order valence-electron chi connectivity index (χ2n) is 8.14. The molecule has 166 valence electrons. The Kier molecular flexibility index (Phi) is 4.98. The summed E-state index contributed by atoms with van der Waals surface area (Å²) in [4.78, 5) is 12.8. The molecule has 1 aromatic heterocycles. The number of aryl methyl sites for hydroxylation is 1. The van der Waals surface area contributed by atoms with Crippen molar-refractivity contribution in [2.24, 2.45) is 9.50 Å². The van der Waals surface area contributed by atoms with Crippen LogP contribution in [0.3, 0.4) is 0 Å². The number of aromatic nitrogens is 2. The van der Waals surface area contributed by atoms with E-state index in [2.05, 4.69) is 20.8 Å². The smallest absolute Gasteiger partial charge is 0.354 e. The largest absolute Gasteiger partial charge is 0.474 e. The summed E-state index contributed by atoms with van der Waals surface area (Å²) in [5.74, 6) is 0.221. The number of amides is 2. The summed E-state index contributed by atoms with van der Waals surface area (Å²) < 4.78 is 43.3. The van der Waals surface area contributed by atoms with Crippen LogP contribution in [0.15, 0.2) is 21.5 Å². The minimum Gasteiger partial charge on any atom is -0.474 e. The van der Waals surface area contributed by atoms with Crippen LogP contribution in [0.2, 0.25) is 0 Å². The van der Waals surface area contributed by atoms with Crippen LogP contribution in [0.25, 0.3) is 0 Å². The van der Waals surface area contributed by atoms with Crippen molar-refractivity contribution in [2.75, 3.05) is 19.0 Å². The van der Waals surface area contributed by atoms with Gasteiger partial charge in [-0.2, -0.15) is 5.10 Å². The third-order valence-corrected chi connectivity index (χ3v) is 7.46. The Labute approximate surface area is 179 Å². The van der Waals surface area contributed by atoms with Gasteiger partial charge in [-0.1, -0.05) is 6.07 Å². The lowest BCUT2D eigenvalue weighted by molar-refractivity contribution is 0.0165. The SMILES string of the molecule is CO[C@@H]1COc2c(S(N)(=O)=NC(=O)Nc3c4c(cc5c3CC(F)C5)CCC4)cnn2C1. The normalized spacial score (nSPS) is 23.3. The summed E-state index contributed by atoms with van der Waals surface area (Å²) >= 11 is 0. The fourth-order valence-corrected chi connectivity index (χ4v) is 5.65. The van der Waals surface area contributed by atoms with Gasteiger partial charge >= 0.3 is 6.03 Å². The van der Waals surface area contributed by atoms with Crippen molar-refractivity contribution >= 4 is 21.6 Å². The quantitative estimate of drug-likeness (QED) is 0.744. The van der Waals surface area contributed by atoms with Crippen molar-refractivity contribution in [1.82, 2.24) is 9.78 Å². The number of benzene rings is 1. The molecule has 5 rings (SSSR count). The number of fused-ring (bicyclic) bond motifs is 3. The van der Waals surface area contributed by atoms with E-state index in [1.165, 1.54) is 10.9 Å². The molecule has 2 amide bonds. The average Bonchev–Trinajstić information content (AvgIpc) is 3.44. The molecule has 0 radical (unpaired) electrons. The molecule has 2 aliphatic carbocycles. The highest BCUT2D eigenvalue weighted by Gasteiger charge is 2.31. The maximum absolute atomic E-state index is 14.1. The number of methoxy groups -OCH3 is 1. The first-order chi connectivity index (χ1) is 14.9.